The van der Waals surface area contributed by atoms with Gasteiger partial charge in [-0.3, -0.25) is 0 Å². The fraction of sp³-hybridized carbons (Fsp3) is 0.455. The van der Waals surface area contributed by atoms with Gasteiger partial charge in [0, 0.05) is 0 Å². The zero-order valence-corrected chi connectivity index (χ0v) is 8.66. The number of hydrogen-bond donors (Lipinski definition) is 2. The average molecular weight is 195 g/mol. The Balaban J connectivity index is 2.85. The maximum Gasteiger partial charge on any atom is 0.160 e. The largest absolute Gasteiger partial charge is 0.504 e. The molecule has 0 radical (unpaired) electrons. The molecule has 0 unspecified atom stereocenters. The van der Waals surface area contributed by atoms with E-state index in [0.717, 1.165) is 12.0 Å². The van der Waals surface area contributed by atoms with Gasteiger partial charge in [0.2, 0.25) is 0 Å². The third kappa shape index (κ3) is 2.39. The highest BCUT2D eigenvalue weighted by molar-refractivity contribution is 5.42. The van der Waals surface area contributed by atoms with Gasteiger partial charge in [-0.25, -0.2) is 0 Å². The van der Waals surface area contributed by atoms with Gasteiger partial charge in [0.25, 0.3) is 0 Å². The molecule has 0 aliphatic carbocycles. The van der Waals surface area contributed by atoms with Crippen LogP contribution in [0.25, 0.3) is 0 Å². The molecule has 0 amide bonds. The topological polar surface area (TPSA) is 55.5 Å². The zero-order chi connectivity index (χ0) is 10.6. The van der Waals surface area contributed by atoms with E-state index in [4.69, 9.17) is 10.5 Å². The van der Waals surface area contributed by atoms with Gasteiger partial charge in [-0.05, 0) is 36.6 Å². The summed E-state index contributed by atoms with van der Waals surface area (Å²) in [7, 11) is 1.54. The number of nitrogens with two attached hydrogens (primary N) is 1. The number of phenols is 1. The van der Waals surface area contributed by atoms with Gasteiger partial charge in [-0.1, -0.05) is 13.0 Å². The fourth-order valence-electron chi connectivity index (χ4n) is 1.43. The second kappa shape index (κ2) is 4.86. The molecule has 78 valence electrons. The molecule has 3 N–H and O–H groups in total. The number of ether oxygens (including phenoxy) is 1. The monoisotopic (exact) mass is 195 g/mol. The molecule has 1 aromatic carbocycles. The fourth-order valence-corrected chi connectivity index (χ4v) is 1.43. The Labute approximate surface area is 84.5 Å². The summed E-state index contributed by atoms with van der Waals surface area (Å²) in [5.41, 5.74) is 6.57. The number of benzene rings is 1. The summed E-state index contributed by atoms with van der Waals surface area (Å²) in [4.78, 5) is 0. The van der Waals surface area contributed by atoms with E-state index >= 15 is 0 Å². The lowest BCUT2D eigenvalue weighted by Gasteiger charge is -2.12. The van der Waals surface area contributed by atoms with Crippen molar-refractivity contribution < 1.29 is 9.84 Å². The molecule has 0 aromatic heterocycles. The molecule has 3 nitrogen and oxygen atoms in total. The van der Waals surface area contributed by atoms with E-state index in [9.17, 15) is 5.11 Å². The molecular formula is C11H17NO2. The van der Waals surface area contributed by atoms with Crippen LogP contribution in [0.2, 0.25) is 0 Å². The first-order chi connectivity index (χ1) is 6.69. The van der Waals surface area contributed by atoms with Crippen LogP contribution in [0.4, 0.5) is 0 Å². The van der Waals surface area contributed by atoms with Crippen LogP contribution in [0.1, 0.15) is 24.8 Å². The Kier molecular flexibility index (Phi) is 3.77. The SMILES string of the molecule is COc1ccc([C@@H](C)CCN)cc1O. The normalized spacial score (nSPS) is 12.5. The molecule has 0 fully saturated rings. The molecule has 0 saturated heterocycles. The minimum absolute atomic E-state index is 0.189. The quantitative estimate of drug-likeness (QED) is 0.771. The first-order valence-electron chi connectivity index (χ1n) is 4.76. The van der Waals surface area contributed by atoms with E-state index in [1.165, 1.54) is 7.11 Å². The highest BCUT2D eigenvalue weighted by Gasteiger charge is 2.07. The molecule has 0 spiro atoms. The average Bonchev–Trinajstić information content (AvgIpc) is 2.18. The van der Waals surface area contributed by atoms with Crippen molar-refractivity contribution in [1.29, 1.82) is 0 Å². The standard InChI is InChI=1S/C11H17NO2/c1-8(5-6-12)9-3-4-11(14-2)10(13)7-9/h3-4,7-8,13H,5-6,12H2,1-2H3/t8-/m0/s1. The Bertz CT molecular complexity index is 299. The van der Waals surface area contributed by atoms with Crippen LogP contribution in [-0.4, -0.2) is 18.8 Å². The molecule has 0 saturated carbocycles. The smallest absolute Gasteiger partial charge is 0.160 e. The summed E-state index contributed by atoms with van der Waals surface area (Å²) in [6.07, 6.45) is 0.922. The highest BCUT2D eigenvalue weighted by atomic mass is 16.5. The molecular weight excluding hydrogens is 178 g/mol. The summed E-state index contributed by atoms with van der Waals surface area (Å²) >= 11 is 0. The second-order valence-corrected chi connectivity index (χ2v) is 3.41. The number of methoxy groups -OCH3 is 1. The molecule has 1 aromatic rings. The van der Waals surface area contributed by atoms with Gasteiger partial charge < -0.3 is 15.6 Å². The predicted octanol–water partition coefficient (Wildman–Crippen LogP) is 1.85. The molecule has 14 heavy (non-hydrogen) atoms. The van der Waals surface area contributed by atoms with Gasteiger partial charge in [-0.15, -0.1) is 0 Å². The number of aromatic hydroxyl groups is 1. The van der Waals surface area contributed by atoms with Crippen molar-refractivity contribution in [1.82, 2.24) is 0 Å². The summed E-state index contributed by atoms with van der Waals surface area (Å²) < 4.78 is 4.96. The lowest BCUT2D eigenvalue weighted by molar-refractivity contribution is 0.372. The Morgan fingerprint density at radius 3 is 2.71 bits per heavy atom. The van der Waals surface area contributed by atoms with Gasteiger partial charge >= 0.3 is 0 Å². The van der Waals surface area contributed by atoms with Crippen LogP contribution in [0, 0.1) is 0 Å². The van der Waals surface area contributed by atoms with Gasteiger partial charge in [0.15, 0.2) is 11.5 Å². The second-order valence-electron chi connectivity index (χ2n) is 3.41. The molecule has 0 aliphatic heterocycles. The Hall–Kier alpha value is -1.22. The lowest BCUT2D eigenvalue weighted by atomic mass is 9.97. The minimum atomic E-state index is 0.189. The van der Waals surface area contributed by atoms with Crippen LogP contribution in [-0.2, 0) is 0 Å². The molecule has 3 heteroatoms. The molecule has 0 aliphatic rings. The highest BCUT2D eigenvalue weighted by Crippen LogP contribution is 2.30. The maximum atomic E-state index is 9.55. The molecule has 0 bridgehead atoms. The predicted molar refractivity (Wildman–Crippen MR) is 56.7 cm³/mol. The van der Waals surface area contributed by atoms with Crippen LogP contribution >= 0.6 is 0 Å². The maximum absolute atomic E-state index is 9.55. The molecule has 1 rings (SSSR count). The van der Waals surface area contributed by atoms with E-state index in [2.05, 4.69) is 6.92 Å². The Morgan fingerprint density at radius 2 is 2.21 bits per heavy atom. The van der Waals surface area contributed by atoms with Crippen LogP contribution < -0.4 is 10.5 Å². The summed E-state index contributed by atoms with van der Waals surface area (Å²) in [5.74, 6) is 1.07. The van der Waals surface area contributed by atoms with Crippen molar-refractivity contribution in [2.75, 3.05) is 13.7 Å². The summed E-state index contributed by atoms with van der Waals surface area (Å²) in [6.45, 7) is 2.75. The van der Waals surface area contributed by atoms with E-state index in [1.54, 1.807) is 12.1 Å². The van der Waals surface area contributed by atoms with E-state index in [0.29, 0.717) is 18.2 Å². The summed E-state index contributed by atoms with van der Waals surface area (Å²) in [5, 5.41) is 9.55. The third-order valence-electron chi connectivity index (χ3n) is 2.37. The first-order valence-corrected chi connectivity index (χ1v) is 4.76. The molecule has 1 atom stereocenters. The van der Waals surface area contributed by atoms with Crippen molar-refractivity contribution in [3.63, 3.8) is 0 Å². The number of hydrogen-bond acceptors (Lipinski definition) is 3. The van der Waals surface area contributed by atoms with Crippen LogP contribution in [0.3, 0.4) is 0 Å². The van der Waals surface area contributed by atoms with E-state index in [-0.39, 0.29) is 5.75 Å². The van der Waals surface area contributed by atoms with Crippen LogP contribution in [0.15, 0.2) is 18.2 Å². The van der Waals surface area contributed by atoms with Crippen molar-refractivity contribution in [3.8, 4) is 11.5 Å². The van der Waals surface area contributed by atoms with Gasteiger partial charge in [0.1, 0.15) is 0 Å². The minimum Gasteiger partial charge on any atom is -0.504 e. The van der Waals surface area contributed by atoms with Crippen molar-refractivity contribution in [3.05, 3.63) is 23.8 Å². The third-order valence-corrected chi connectivity index (χ3v) is 2.37. The summed E-state index contributed by atoms with van der Waals surface area (Å²) in [6, 6.07) is 5.47. The van der Waals surface area contributed by atoms with E-state index in [1.807, 2.05) is 6.07 Å². The zero-order valence-electron chi connectivity index (χ0n) is 8.66. The number of rotatable bonds is 4. The van der Waals surface area contributed by atoms with Gasteiger partial charge in [0.05, 0.1) is 7.11 Å². The molecule has 0 heterocycles. The van der Waals surface area contributed by atoms with Crippen molar-refractivity contribution in [2.45, 2.75) is 19.3 Å². The Morgan fingerprint density at radius 1 is 1.50 bits per heavy atom. The lowest BCUT2D eigenvalue weighted by Crippen LogP contribution is -2.04. The van der Waals surface area contributed by atoms with E-state index < -0.39 is 0 Å². The number of phenolic OH excluding ortho intramolecular Hbond substituents is 1. The van der Waals surface area contributed by atoms with Crippen molar-refractivity contribution in [2.24, 2.45) is 5.73 Å². The van der Waals surface area contributed by atoms with Gasteiger partial charge in [-0.2, -0.15) is 0 Å². The van der Waals surface area contributed by atoms with Crippen molar-refractivity contribution >= 4 is 0 Å². The van der Waals surface area contributed by atoms with Crippen LogP contribution in [0.5, 0.6) is 11.5 Å². The first kappa shape index (κ1) is 10.9.